The summed E-state index contributed by atoms with van der Waals surface area (Å²) < 4.78 is 26.8. The van der Waals surface area contributed by atoms with Gasteiger partial charge in [0, 0.05) is 24.8 Å². The molecule has 2 heterocycles. The Morgan fingerprint density at radius 3 is 2.68 bits per heavy atom. The molecule has 0 aliphatic carbocycles. The average molecular weight is 280 g/mol. The van der Waals surface area contributed by atoms with Gasteiger partial charge in [-0.25, -0.2) is 8.42 Å². The van der Waals surface area contributed by atoms with Crippen molar-refractivity contribution in [3.05, 3.63) is 23.8 Å². The topological polar surface area (TPSA) is 49.4 Å². The fourth-order valence-corrected chi connectivity index (χ4v) is 4.51. The normalized spacial score (nSPS) is 23.9. The number of nitrogens with zero attached hydrogens (tertiary/aromatic N) is 1. The Hall–Kier alpha value is -1.07. The van der Waals surface area contributed by atoms with Crippen LogP contribution in [0.15, 0.2) is 23.1 Å². The molecule has 2 aliphatic rings. The summed E-state index contributed by atoms with van der Waals surface area (Å²) in [4.78, 5) is 0.448. The molecule has 1 saturated heterocycles. The van der Waals surface area contributed by atoms with Crippen molar-refractivity contribution in [2.45, 2.75) is 43.5 Å². The lowest BCUT2D eigenvalue weighted by Gasteiger charge is -2.26. The highest BCUT2D eigenvalue weighted by molar-refractivity contribution is 7.89. The van der Waals surface area contributed by atoms with E-state index in [-0.39, 0.29) is 0 Å². The van der Waals surface area contributed by atoms with Crippen LogP contribution in [-0.2, 0) is 16.4 Å². The molecule has 104 valence electrons. The number of fused-ring (bicyclic) bond motifs is 1. The third-order valence-corrected chi connectivity index (χ3v) is 5.85. The Kier molecular flexibility index (Phi) is 3.27. The van der Waals surface area contributed by atoms with Gasteiger partial charge in [0.1, 0.15) is 0 Å². The molecule has 2 aliphatic heterocycles. The van der Waals surface area contributed by atoms with Gasteiger partial charge in [0.15, 0.2) is 0 Å². The maximum Gasteiger partial charge on any atom is 0.243 e. The van der Waals surface area contributed by atoms with E-state index in [1.165, 1.54) is 0 Å². The van der Waals surface area contributed by atoms with Gasteiger partial charge >= 0.3 is 0 Å². The van der Waals surface area contributed by atoms with Crippen LogP contribution in [0, 0.1) is 0 Å². The Morgan fingerprint density at radius 1 is 1.21 bits per heavy atom. The quantitative estimate of drug-likeness (QED) is 0.903. The van der Waals surface area contributed by atoms with Gasteiger partial charge in [-0.05, 0) is 49.9 Å². The molecule has 1 aromatic rings. The van der Waals surface area contributed by atoms with Crippen LogP contribution in [-0.4, -0.2) is 31.9 Å². The van der Waals surface area contributed by atoms with Gasteiger partial charge in [0.05, 0.1) is 4.90 Å². The van der Waals surface area contributed by atoms with Gasteiger partial charge in [-0.3, -0.25) is 0 Å². The van der Waals surface area contributed by atoms with Crippen molar-refractivity contribution in [1.29, 1.82) is 0 Å². The smallest absolute Gasteiger partial charge is 0.243 e. The van der Waals surface area contributed by atoms with Crippen LogP contribution in [0.5, 0.6) is 0 Å². The van der Waals surface area contributed by atoms with E-state index in [0.717, 1.165) is 36.9 Å². The second-order valence-corrected chi connectivity index (χ2v) is 7.47. The van der Waals surface area contributed by atoms with E-state index < -0.39 is 10.0 Å². The van der Waals surface area contributed by atoms with Gasteiger partial charge in [-0.15, -0.1) is 0 Å². The highest BCUT2D eigenvalue weighted by atomic mass is 32.2. The average Bonchev–Trinajstić information content (AvgIpc) is 2.78. The molecular weight excluding hydrogens is 260 g/mol. The molecule has 3 rings (SSSR count). The molecule has 0 amide bonds. The Bertz CT molecular complexity index is 577. The maximum absolute atomic E-state index is 12.6. The largest absolute Gasteiger partial charge is 0.382 e. The maximum atomic E-state index is 12.6. The molecule has 0 spiro atoms. The number of piperidine rings is 1. The van der Waals surface area contributed by atoms with E-state index in [9.17, 15) is 8.42 Å². The first kappa shape index (κ1) is 12.9. The van der Waals surface area contributed by atoms with Crippen LogP contribution in [0.25, 0.3) is 0 Å². The number of hydrogen-bond acceptors (Lipinski definition) is 3. The summed E-state index contributed by atoms with van der Waals surface area (Å²) in [5.74, 6) is 0. The predicted octanol–water partition coefficient (Wildman–Crippen LogP) is 2.22. The summed E-state index contributed by atoms with van der Waals surface area (Å²) >= 11 is 0. The molecule has 1 N–H and O–H groups in total. The monoisotopic (exact) mass is 280 g/mol. The van der Waals surface area contributed by atoms with Gasteiger partial charge < -0.3 is 5.32 Å². The summed E-state index contributed by atoms with van der Waals surface area (Å²) in [5, 5.41) is 3.35. The van der Waals surface area contributed by atoms with Crippen molar-refractivity contribution in [1.82, 2.24) is 4.31 Å². The van der Waals surface area contributed by atoms with E-state index >= 15 is 0 Å². The van der Waals surface area contributed by atoms with Gasteiger partial charge in [-0.2, -0.15) is 4.31 Å². The Morgan fingerprint density at radius 2 is 1.95 bits per heavy atom. The van der Waals surface area contributed by atoms with Crippen LogP contribution in [0.1, 0.15) is 31.7 Å². The summed E-state index contributed by atoms with van der Waals surface area (Å²) in [6, 6.07) is 5.86. The van der Waals surface area contributed by atoms with Crippen molar-refractivity contribution in [3.63, 3.8) is 0 Å². The fourth-order valence-electron chi connectivity index (χ4n) is 2.94. The summed E-state index contributed by atoms with van der Waals surface area (Å²) in [6.07, 6.45) is 3.99. The first-order valence-electron chi connectivity index (χ1n) is 6.97. The zero-order valence-electron chi connectivity index (χ0n) is 11.2. The molecular formula is C14H20N2O2S. The molecule has 1 aromatic carbocycles. The van der Waals surface area contributed by atoms with Crippen molar-refractivity contribution >= 4 is 15.7 Å². The number of benzene rings is 1. The number of anilines is 1. The third-order valence-electron chi connectivity index (χ3n) is 3.96. The molecule has 1 fully saturated rings. The number of rotatable bonds is 2. The zero-order chi connectivity index (χ0) is 13.5. The first-order chi connectivity index (χ1) is 9.07. The fraction of sp³-hybridized carbons (Fsp3) is 0.571. The molecule has 0 saturated carbocycles. The van der Waals surface area contributed by atoms with E-state index in [1.807, 2.05) is 12.1 Å². The molecule has 0 bridgehead atoms. The standard InChI is InChI=1S/C14H20N2O2S/c1-11-9-12-10-13(5-6-14(12)15-11)19(17,18)16-7-3-2-4-8-16/h5-6,10-11,15H,2-4,7-9H2,1H3/t11-/m1/s1. The second-order valence-electron chi connectivity index (χ2n) is 5.53. The molecule has 0 unspecified atom stereocenters. The lowest BCUT2D eigenvalue weighted by molar-refractivity contribution is 0.346. The van der Waals surface area contributed by atoms with Crippen LogP contribution in [0.3, 0.4) is 0 Å². The van der Waals surface area contributed by atoms with E-state index in [0.29, 0.717) is 24.0 Å². The van der Waals surface area contributed by atoms with Gasteiger partial charge in [0.2, 0.25) is 10.0 Å². The number of nitrogens with one attached hydrogen (secondary N) is 1. The van der Waals surface area contributed by atoms with Gasteiger partial charge in [0.25, 0.3) is 0 Å². The summed E-state index contributed by atoms with van der Waals surface area (Å²) in [7, 11) is -3.30. The van der Waals surface area contributed by atoms with E-state index in [1.54, 1.807) is 10.4 Å². The molecule has 0 aromatic heterocycles. The number of sulfonamides is 1. The molecule has 0 radical (unpaired) electrons. The Labute approximate surface area is 114 Å². The lowest BCUT2D eigenvalue weighted by Crippen LogP contribution is -2.35. The van der Waals surface area contributed by atoms with Crippen LogP contribution in [0.2, 0.25) is 0 Å². The SMILES string of the molecule is C[C@@H]1Cc2cc(S(=O)(=O)N3CCCCC3)ccc2N1. The minimum atomic E-state index is -3.30. The zero-order valence-corrected chi connectivity index (χ0v) is 12.0. The Balaban J connectivity index is 1.91. The minimum absolute atomic E-state index is 0.392. The summed E-state index contributed by atoms with van der Waals surface area (Å²) in [5.41, 5.74) is 2.19. The predicted molar refractivity (Wildman–Crippen MR) is 75.8 cm³/mol. The minimum Gasteiger partial charge on any atom is -0.382 e. The van der Waals surface area contributed by atoms with Crippen molar-refractivity contribution in [2.75, 3.05) is 18.4 Å². The van der Waals surface area contributed by atoms with E-state index in [4.69, 9.17) is 0 Å². The van der Waals surface area contributed by atoms with Crippen LogP contribution in [0.4, 0.5) is 5.69 Å². The molecule has 1 atom stereocenters. The highest BCUT2D eigenvalue weighted by Gasteiger charge is 2.27. The van der Waals surface area contributed by atoms with Crippen LogP contribution >= 0.6 is 0 Å². The molecule has 4 nitrogen and oxygen atoms in total. The lowest BCUT2D eigenvalue weighted by atomic mass is 10.1. The highest BCUT2D eigenvalue weighted by Crippen LogP contribution is 2.29. The van der Waals surface area contributed by atoms with Gasteiger partial charge in [-0.1, -0.05) is 6.42 Å². The van der Waals surface area contributed by atoms with E-state index in [2.05, 4.69) is 12.2 Å². The van der Waals surface area contributed by atoms with Crippen molar-refractivity contribution in [3.8, 4) is 0 Å². The first-order valence-corrected chi connectivity index (χ1v) is 8.41. The second kappa shape index (κ2) is 4.80. The number of hydrogen-bond donors (Lipinski definition) is 1. The molecule has 5 heteroatoms. The van der Waals surface area contributed by atoms with Crippen molar-refractivity contribution < 1.29 is 8.42 Å². The van der Waals surface area contributed by atoms with Crippen LogP contribution < -0.4 is 5.32 Å². The molecule has 19 heavy (non-hydrogen) atoms. The summed E-state index contributed by atoms with van der Waals surface area (Å²) in [6.45, 7) is 3.43. The third kappa shape index (κ3) is 2.37. The van der Waals surface area contributed by atoms with Crippen molar-refractivity contribution in [2.24, 2.45) is 0 Å².